The first-order valence-corrected chi connectivity index (χ1v) is 5.82. The van der Waals surface area contributed by atoms with Crippen LogP contribution in [-0.2, 0) is 4.79 Å². The van der Waals surface area contributed by atoms with E-state index in [1.165, 1.54) is 0 Å². The zero-order chi connectivity index (χ0) is 12.4. The van der Waals surface area contributed by atoms with E-state index in [9.17, 15) is 4.79 Å². The third kappa shape index (κ3) is 1.96. The van der Waals surface area contributed by atoms with E-state index in [-0.39, 0.29) is 11.8 Å². The van der Waals surface area contributed by atoms with E-state index in [0.29, 0.717) is 5.75 Å². The van der Waals surface area contributed by atoms with Crippen LogP contribution in [0.3, 0.4) is 0 Å². The first-order chi connectivity index (χ1) is 8.19. The van der Waals surface area contributed by atoms with Gasteiger partial charge in [-0.1, -0.05) is 32.0 Å². The van der Waals surface area contributed by atoms with Crippen molar-refractivity contribution in [1.82, 2.24) is 4.90 Å². The summed E-state index contributed by atoms with van der Waals surface area (Å²) in [5.41, 5.74) is 0.924. The molecule has 0 bridgehead atoms. The fourth-order valence-electron chi connectivity index (χ4n) is 2.19. The minimum absolute atomic E-state index is 0.0207. The van der Waals surface area contributed by atoms with Crippen LogP contribution in [0.2, 0.25) is 0 Å². The van der Waals surface area contributed by atoms with Gasteiger partial charge in [-0.05, 0) is 19.2 Å². The molecule has 4 heteroatoms. The highest BCUT2D eigenvalue weighted by Gasteiger charge is 2.35. The van der Waals surface area contributed by atoms with E-state index in [0.717, 1.165) is 18.7 Å². The van der Waals surface area contributed by atoms with Gasteiger partial charge in [0.2, 0.25) is 0 Å². The maximum absolute atomic E-state index is 11.6. The molecular weight excluding hydrogens is 216 g/mol. The quantitative estimate of drug-likeness (QED) is 0.640. The van der Waals surface area contributed by atoms with E-state index in [4.69, 9.17) is 10.1 Å². The molecule has 1 N–H and O–H groups in total. The average molecular weight is 232 g/mol. The van der Waals surface area contributed by atoms with Crippen molar-refractivity contribution in [2.24, 2.45) is 0 Å². The monoisotopic (exact) mass is 232 g/mol. The molecule has 0 aliphatic carbocycles. The summed E-state index contributed by atoms with van der Waals surface area (Å²) in [7, 11) is 0. The lowest BCUT2D eigenvalue weighted by atomic mass is 9.97. The Morgan fingerprint density at radius 3 is 2.59 bits per heavy atom. The van der Waals surface area contributed by atoms with Gasteiger partial charge >= 0.3 is 5.97 Å². The van der Waals surface area contributed by atoms with E-state index in [1.807, 2.05) is 32.0 Å². The van der Waals surface area contributed by atoms with Gasteiger partial charge in [0, 0.05) is 5.56 Å². The highest BCUT2D eigenvalue weighted by Crippen LogP contribution is 2.34. The molecule has 0 aromatic heterocycles. The summed E-state index contributed by atoms with van der Waals surface area (Å²) >= 11 is 0. The first kappa shape index (κ1) is 11.8. The van der Waals surface area contributed by atoms with Crippen LogP contribution >= 0.6 is 0 Å². The SMILES string of the molecule is CCN(CC)C1C(=N)C(=O)Oc2ccccc21. The highest BCUT2D eigenvalue weighted by molar-refractivity contribution is 6.38. The van der Waals surface area contributed by atoms with Gasteiger partial charge < -0.3 is 4.74 Å². The second-order valence-corrected chi connectivity index (χ2v) is 3.96. The van der Waals surface area contributed by atoms with Gasteiger partial charge in [0.1, 0.15) is 11.5 Å². The van der Waals surface area contributed by atoms with E-state index in [1.54, 1.807) is 6.07 Å². The number of para-hydroxylation sites is 1. The number of rotatable bonds is 3. The zero-order valence-corrected chi connectivity index (χ0v) is 10.1. The Labute approximate surface area is 101 Å². The van der Waals surface area contributed by atoms with Crippen LogP contribution in [0.15, 0.2) is 24.3 Å². The number of benzene rings is 1. The summed E-state index contributed by atoms with van der Waals surface area (Å²) in [4.78, 5) is 13.7. The van der Waals surface area contributed by atoms with Crippen molar-refractivity contribution in [1.29, 1.82) is 5.41 Å². The number of nitrogens with zero attached hydrogens (tertiary/aromatic N) is 1. The Morgan fingerprint density at radius 2 is 1.94 bits per heavy atom. The van der Waals surface area contributed by atoms with Crippen molar-refractivity contribution in [3.8, 4) is 5.75 Å². The Kier molecular flexibility index (Phi) is 3.24. The normalized spacial score (nSPS) is 19.1. The average Bonchev–Trinajstić information content (AvgIpc) is 2.35. The molecule has 0 saturated heterocycles. The molecule has 1 atom stereocenters. The fourth-order valence-corrected chi connectivity index (χ4v) is 2.19. The minimum Gasteiger partial charge on any atom is -0.422 e. The van der Waals surface area contributed by atoms with Gasteiger partial charge in [-0.25, -0.2) is 4.79 Å². The topological polar surface area (TPSA) is 53.4 Å². The second-order valence-electron chi connectivity index (χ2n) is 3.96. The summed E-state index contributed by atoms with van der Waals surface area (Å²) in [6.45, 7) is 5.65. The molecule has 0 fully saturated rings. The summed E-state index contributed by atoms with van der Waals surface area (Å²) in [6, 6.07) is 7.15. The summed E-state index contributed by atoms with van der Waals surface area (Å²) in [6.07, 6.45) is 0. The number of hydrogen-bond donors (Lipinski definition) is 1. The summed E-state index contributed by atoms with van der Waals surface area (Å²) in [5, 5.41) is 7.90. The summed E-state index contributed by atoms with van der Waals surface area (Å²) < 4.78 is 5.12. The lowest BCUT2D eigenvalue weighted by Crippen LogP contribution is -2.41. The number of carbonyl (C=O) groups is 1. The van der Waals surface area contributed by atoms with E-state index in [2.05, 4.69) is 4.90 Å². The van der Waals surface area contributed by atoms with Crippen LogP contribution in [0, 0.1) is 5.41 Å². The molecule has 17 heavy (non-hydrogen) atoms. The standard InChI is InChI=1S/C13H16N2O2/c1-3-15(4-2)12-9-7-5-6-8-10(9)17-13(16)11(12)14/h5-8,12,14H,3-4H2,1-2H3. The molecule has 0 saturated carbocycles. The lowest BCUT2D eigenvalue weighted by Gasteiger charge is -2.33. The largest absolute Gasteiger partial charge is 0.422 e. The zero-order valence-electron chi connectivity index (χ0n) is 10.1. The molecule has 1 aliphatic rings. The van der Waals surface area contributed by atoms with Gasteiger partial charge in [0.25, 0.3) is 0 Å². The smallest absolute Gasteiger partial charge is 0.359 e. The van der Waals surface area contributed by atoms with Crippen molar-refractivity contribution >= 4 is 11.7 Å². The molecular formula is C13H16N2O2. The minimum atomic E-state index is -0.541. The number of carbonyl (C=O) groups excluding carboxylic acids is 1. The molecule has 1 aliphatic heterocycles. The maximum Gasteiger partial charge on any atom is 0.359 e. The molecule has 2 rings (SSSR count). The Morgan fingerprint density at radius 1 is 1.29 bits per heavy atom. The Balaban J connectivity index is 2.48. The molecule has 0 spiro atoms. The van der Waals surface area contributed by atoms with Crippen LogP contribution in [0.4, 0.5) is 0 Å². The number of nitrogens with one attached hydrogen (secondary N) is 1. The van der Waals surface area contributed by atoms with Crippen molar-refractivity contribution in [2.75, 3.05) is 13.1 Å². The van der Waals surface area contributed by atoms with Crippen LogP contribution in [-0.4, -0.2) is 29.7 Å². The Bertz CT molecular complexity index is 452. The van der Waals surface area contributed by atoms with Crippen molar-refractivity contribution in [3.05, 3.63) is 29.8 Å². The van der Waals surface area contributed by atoms with Crippen LogP contribution in [0.1, 0.15) is 25.5 Å². The molecule has 0 amide bonds. The molecule has 0 radical (unpaired) electrons. The maximum atomic E-state index is 11.6. The first-order valence-electron chi connectivity index (χ1n) is 5.82. The van der Waals surface area contributed by atoms with Crippen LogP contribution in [0.25, 0.3) is 0 Å². The number of hydrogen-bond acceptors (Lipinski definition) is 4. The molecule has 90 valence electrons. The number of fused-ring (bicyclic) bond motifs is 1. The van der Waals surface area contributed by atoms with E-state index >= 15 is 0 Å². The lowest BCUT2D eigenvalue weighted by molar-refractivity contribution is -0.128. The van der Waals surface area contributed by atoms with Crippen molar-refractivity contribution < 1.29 is 9.53 Å². The van der Waals surface area contributed by atoms with Gasteiger partial charge in [0.15, 0.2) is 0 Å². The number of ether oxygens (including phenoxy) is 1. The third-order valence-electron chi connectivity index (χ3n) is 3.09. The number of esters is 1. The predicted molar refractivity (Wildman–Crippen MR) is 65.5 cm³/mol. The Hall–Kier alpha value is -1.68. The predicted octanol–water partition coefficient (Wildman–Crippen LogP) is 2.01. The molecule has 1 unspecified atom stereocenters. The van der Waals surface area contributed by atoms with E-state index < -0.39 is 5.97 Å². The molecule has 1 heterocycles. The molecule has 4 nitrogen and oxygen atoms in total. The van der Waals surface area contributed by atoms with Gasteiger partial charge in [-0.3, -0.25) is 10.3 Å². The van der Waals surface area contributed by atoms with Crippen molar-refractivity contribution in [3.63, 3.8) is 0 Å². The fraction of sp³-hybridized carbons (Fsp3) is 0.385. The van der Waals surface area contributed by atoms with Gasteiger partial charge in [0.05, 0.1) is 6.04 Å². The second kappa shape index (κ2) is 4.67. The van der Waals surface area contributed by atoms with Crippen LogP contribution < -0.4 is 4.74 Å². The third-order valence-corrected chi connectivity index (χ3v) is 3.09. The summed E-state index contributed by atoms with van der Waals surface area (Å²) in [5.74, 6) is 0.0333. The van der Waals surface area contributed by atoms with Crippen molar-refractivity contribution in [2.45, 2.75) is 19.9 Å². The highest BCUT2D eigenvalue weighted by atomic mass is 16.5. The molecule has 1 aromatic carbocycles. The van der Waals surface area contributed by atoms with Gasteiger partial charge in [-0.2, -0.15) is 0 Å². The molecule has 1 aromatic rings. The van der Waals surface area contributed by atoms with Crippen LogP contribution in [0.5, 0.6) is 5.75 Å². The van der Waals surface area contributed by atoms with Gasteiger partial charge in [-0.15, -0.1) is 0 Å².